The van der Waals surface area contributed by atoms with E-state index in [1.807, 2.05) is 30.3 Å². The fourth-order valence-electron chi connectivity index (χ4n) is 8.72. The molecular formula is C44H57ClN6O5. The number of aryl methyl sites for hydroxylation is 2. The van der Waals surface area contributed by atoms with Gasteiger partial charge in [0.1, 0.15) is 5.75 Å². The molecule has 2 fully saturated rings. The summed E-state index contributed by atoms with van der Waals surface area (Å²) in [7, 11) is 3.26. The van der Waals surface area contributed by atoms with E-state index in [-0.39, 0.29) is 30.0 Å². The first kappa shape index (κ1) is 41.2. The van der Waals surface area contributed by atoms with E-state index in [0.29, 0.717) is 36.5 Å². The summed E-state index contributed by atoms with van der Waals surface area (Å²) in [6.07, 6.45) is 14.7. The van der Waals surface area contributed by atoms with Crippen molar-refractivity contribution in [2.75, 3.05) is 39.2 Å². The van der Waals surface area contributed by atoms with Crippen LogP contribution >= 0.6 is 12.4 Å². The number of nitrogens with one attached hydrogen (secondary N) is 1. The van der Waals surface area contributed by atoms with Gasteiger partial charge in [-0.3, -0.25) is 14.5 Å². The second-order valence-electron chi connectivity index (χ2n) is 15.6. The number of hydrogen-bond acceptors (Lipinski definition) is 9. The normalized spacial score (nSPS) is 18.5. The Morgan fingerprint density at radius 1 is 0.839 bits per heavy atom. The molecule has 0 bridgehead atoms. The van der Waals surface area contributed by atoms with Gasteiger partial charge in [0.15, 0.2) is 23.1 Å². The number of ether oxygens (including phenoxy) is 3. The molecule has 0 spiro atoms. The second kappa shape index (κ2) is 20.1. The lowest BCUT2D eigenvalue weighted by Crippen LogP contribution is -2.34. The van der Waals surface area contributed by atoms with Gasteiger partial charge in [0.05, 0.1) is 26.9 Å². The SMILES string of the molecule is COc1cc2c(cc1OC)C(=O)C(CC1CCN(Cc3ccccc3)CC1)C2.Cl.O=C1CCc2cc(OCCCCc3nnnn3C3CCCCC3)ccc2N1. The number of carbonyl (C=O) groups is 2. The molecule has 11 nitrogen and oxygen atoms in total. The molecule has 0 radical (unpaired) electrons. The minimum Gasteiger partial charge on any atom is -0.494 e. The average molecular weight is 785 g/mol. The van der Waals surface area contributed by atoms with Crippen molar-refractivity contribution in [2.24, 2.45) is 11.8 Å². The number of amides is 1. The highest BCUT2D eigenvalue weighted by Gasteiger charge is 2.34. The monoisotopic (exact) mass is 784 g/mol. The summed E-state index contributed by atoms with van der Waals surface area (Å²) >= 11 is 0. The van der Waals surface area contributed by atoms with E-state index in [1.54, 1.807) is 14.2 Å². The predicted octanol–water partition coefficient (Wildman–Crippen LogP) is 8.25. The third-order valence-electron chi connectivity index (χ3n) is 11.8. The lowest BCUT2D eigenvalue weighted by atomic mass is 9.85. The number of methoxy groups -OCH3 is 2. The Hall–Kier alpha value is -4.48. The summed E-state index contributed by atoms with van der Waals surface area (Å²) in [6.45, 7) is 3.95. The minimum atomic E-state index is 0. The van der Waals surface area contributed by atoms with Crippen LogP contribution in [0.1, 0.15) is 110 Å². The van der Waals surface area contributed by atoms with E-state index in [0.717, 1.165) is 92.1 Å². The lowest BCUT2D eigenvalue weighted by molar-refractivity contribution is -0.116. The van der Waals surface area contributed by atoms with Crippen LogP contribution in [0, 0.1) is 11.8 Å². The highest BCUT2D eigenvalue weighted by Crippen LogP contribution is 2.40. The molecule has 3 heterocycles. The molecule has 1 aromatic heterocycles. The third kappa shape index (κ3) is 10.5. The van der Waals surface area contributed by atoms with Gasteiger partial charge in [0, 0.05) is 36.6 Å². The highest BCUT2D eigenvalue weighted by molar-refractivity contribution is 6.03. The molecular weight excluding hydrogens is 728 g/mol. The molecule has 1 N–H and O–H groups in total. The number of carbonyl (C=O) groups excluding carboxylic acids is 2. The number of tetrazole rings is 1. The lowest BCUT2D eigenvalue weighted by Gasteiger charge is -2.32. The van der Waals surface area contributed by atoms with E-state index in [1.165, 1.54) is 50.5 Å². The van der Waals surface area contributed by atoms with E-state index < -0.39 is 0 Å². The largest absolute Gasteiger partial charge is 0.494 e. The minimum absolute atomic E-state index is 0. The zero-order valence-electron chi connectivity index (χ0n) is 32.9. The summed E-state index contributed by atoms with van der Waals surface area (Å²) in [5.74, 6) is 4.35. The number of fused-ring (bicyclic) bond motifs is 2. The number of anilines is 1. The molecule has 1 saturated carbocycles. The average Bonchev–Trinajstić information content (AvgIpc) is 3.82. The number of hydrogen-bond donors (Lipinski definition) is 1. The first-order valence-electron chi connectivity index (χ1n) is 20.3. The molecule has 2 aliphatic carbocycles. The van der Waals surface area contributed by atoms with Crippen LogP contribution in [-0.4, -0.2) is 70.7 Å². The molecule has 4 aromatic rings. The summed E-state index contributed by atoms with van der Waals surface area (Å²) in [6, 6.07) is 20.9. The van der Waals surface area contributed by atoms with E-state index in [2.05, 4.69) is 60.8 Å². The molecule has 1 saturated heterocycles. The van der Waals surface area contributed by atoms with Gasteiger partial charge < -0.3 is 19.5 Å². The fourth-order valence-corrected chi connectivity index (χ4v) is 8.72. The number of ketones is 1. The van der Waals surface area contributed by atoms with Gasteiger partial charge in [-0.05, 0) is 134 Å². The van der Waals surface area contributed by atoms with Crippen LogP contribution in [0.5, 0.6) is 17.2 Å². The Labute approximate surface area is 337 Å². The van der Waals surface area contributed by atoms with Gasteiger partial charge in [-0.15, -0.1) is 17.5 Å². The number of Topliss-reactive ketones (excluding diaryl/α,β-unsaturated/α-hetero) is 1. The topological polar surface area (TPSA) is 121 Å². The van der Waals surface area contributed by atoms with Crippen LogP contribution in [0.4, 0.5) is 5.69 Å². The number of piperidine rings is 1. The Morgan fingerprint density at radius 2 is 1.61 bits per heavy atom. The van der Waals surface area contributed by atoms with Crippen molar-refractivity contribution in [3.05, 3.63) is 88.7 Å². The van der Waals surface area contributed by atoms with Crippen molar-refractivity contribution >= 4 is 29.8 Å². The van der Waals surface area contributed by atoms with Gasteiger partial charge in [-0.2, -0.15) is 0 Å². The number of unbranched alkanes of at least 4 members (excludes halogenated alkanes) is 1. The zero-order valence-corrected chi connectivity index (χ0v) is 33.7. The molecule has 1 unspecified atom stereocenters. The third-order valence-corrected chi connectivity index (χ3v) is 11.8. The van der Waals surface area contributed by atoms with Crippen LogP contribution in [0.15, 0.2) is 60.7 Å². The van der Waals surface area contributed by atoms with Crippen LogP contribution in [0.2, 0.25) is 0 Å². The first-order chi connectivity index (χ1) is 27.0. The number of likely N-dealkylation sites (tertiary alicyclic amines) is 1. The molecule has 1 amide bonds. The van der Waals surface area contributed by atoms with Gasteiger partial charge in [-0.1, -0.05) is 49.6 Å². The summed E-state index contributed by atoms with van der Waals surface area (Å²) < 4.78 is 18.7. The standard InChI is InChI=1S/C24H29NO3.C20H27N5O2.ClH/c1-27-22-14-19-13-20(24(26)21(19)15-23(22)28-2)12-17-8-10-25(11-9-17)16-18-6-4-3-5-7-18;26-20-12-9-15-14-17(10-11-18(15)21-20)27-13-5-4-8-19-22-23-24-25(19)16-6-2-1-3-7-16;/h3-7,14-15,17,20H,8-13,16H2,1-2H3;10-11,14,16H,1-9,12-13H2,(H,21,26);1H. The summed E-state index contributed by atoms with van der Waals surface area (Å²) in [4.78, 5) is 26.9. The van der Waals surface area contributed by atoms with Crippen molar-refractivity contribution in [3.63, 3.8) is 0 Å². The number of halogens is 1. The maximum atomic E-state index is 12.9. The maximum absolute atomic E-state index is 12.9. The molecule has 56 heavy (non-hydrogen) atoms. The van der Waals surface area contributed by atoms with Gasteiger partial charge in [0.25, 0.3) is 0 Å². The van der Waals surface area contributed by atoms with E-state index in [9.17, 15) is 9.59 Å². The first-order valence-corrected chi connectivity index (χ1v) is 20.3. The molecule has 3 aromatic carbocycles. The summed E-state index contributed by atoms with van der Waals surface area (Å²) in [5.41, 5.74) is 5.37. The molecule has 1 atom stereocenters. The molecule has 2 aliphatic heterocycles. The van der Waals surface area contributed by atoms with Crippen LogP contribution in [0.25, 0.3) is 0 Å². The highest BCUT2D eigenvalue weighted by atomic mass is 35.5. The number of aromatic nitrogens is 4. The Bertz CT molecular complexity index is 1890. The summed E-state index contributed by atoms with van der Waals surface area (Å²) in [5, 5.41) is 15.2. The van der Waals surface area contributed by atoms with Crippen molar-refractivity contribution in [1.29, 1.82) is 0 Å². The number of nitrogens with zero attached hydrogens (tertiary/aromatic N) is 5. The van der Waals surface area contributed by atoms with E-state index in [4.69, 9.17) is 14.2 Å². The van der Waals surface area contributed by atoms with Crippen LogP contribution in [-0.2, 0) is 30.6 Å². The fraction of sp³-hybridized carbons (Fsp3) is 0.523. The number of rotatable bonds is 13. The predicted molar refractivity (Wildman–Crippen MR) is 219 cm³/mol. The Kier molecular flexibility index (Phi) is 14.8. The van der Waals surface area contributed by atoms with Crippen LogP contribution < -0.4 is 19.5 Å². The van der Waals surface area contributed by atoms with Crippen LogP contribution in [0.3, 0.4) is 0 Å². The maximum Gasteiger partial charge on any atom is 0.224 e. The quantitative estimate of drug-likeness (QED) is 0.134. The Morgan fingerprint density at radius 3 is 2.38 bits per heavy atom. The van der Waals surface area contributed by atoms with Crippen molar-refractivity contribution in [2.45, 2.75) is 102 Å². The van der Waals surface area contributed by atoms with Crippen molar-refractivity contribution < 1.29 is 23.8 Å². The second-order valence-corrected chi connectivity index (χ2v) is 15.6. The molecule has 12 heteroatoms. The number of benzene rings is 3. The smallest absolute Gasteiger partial charge is 0.224 e. The van der Waals surface area contributed by atoms with Gasteiger partial charge in [0.2, 0.25) is 5.91 Å². The molecule has 4 aliphatic rings. The van der Waals surface area contributed by atoms with Gasteiger partial charge >= 0.3 is 0 Å². The molecule has 8 rings (SSSR count). The Balaban J connectivity index is 0.000000187. The molecule has 300 valence electrons. The zero-order chi connectivity index (χ0) is 38.0. The van der Waals surface area contributed by atoms with Crippen molar-refractivity contribution in [3.8, 4) is 17.2 Å². The van der Waals surface area contributed by atoms with Gasteiger partial charge in [-0.25, -0.2) is 4.68 Å². The van der Waals surface area contributed by atoms with E-state index >= 15 is 0 Å². The van der Waals surface area contributed by atoms with Crippen molar-refractivity contribution in [1.82, 2.24) is 25.1 Å².